The quantitative estimate of drug-likeness (QED) is 0.772. The van der Waals surface area contributed by atoms with Gasteiger partial charge in [-0.2, -0.15) is 0 Å². The third-order valence-corrected chi connectivity index (χ3v) is 2.31. The molecule has 0 amide bonds. The zero-order valence-corrected chi connectivity index (χ0v) is 9.62. The van der Waals surface area contributed by atoms with Crippen molar-refractivity contribution in [1.82, 2.24) is 5.32 Å². The van der Waals surface area contributed by atoms with Gasteiger partial charge in [-0.25, -0.2) is 0 Å². The third kappa shape index (κ3) is 3.90. The van der Waals surface area contributed by atoms with Crippen LogP contribution in [0.1, 0.15) is 5.56 Å². The Morgan fingerprint density at radius 3 is 2.60 bits per heavy atom. The molecule has 0 saturated carbocycles. The molecule has 3 nitrogen and oxygen atoms in total. The average Bonchev–Trinajstić information content (AvgIpc) is 2.26. The minimum Gasteiger partial charge on any atom is -0.492 e. The van der Waals surface area contributed by atoms with Crippen LogP contribution in [0, 0.1) is 6.92 Å². The van der Waals surface area contributed by atoms with Gasteiger partial charge in [0.15, 0.2) is 0 Å². The van der Waals surface area contributed by atoms with E-state index < -0.39 is 0 Å². The van der Waals surface area contributed by atoms with Gasteiger partial charge in [-0.15, -0.1) is 0 Å². The standard InChI is InChI=1S/C12H19NO2/c1-10-6-4-5-7-12(10)15-9-11(13-2)8-14-3/h4-7,11,13H,8-9H2,1-3H3. The van der Waals surface area contributed by atoms with Crippen molar-refractivity contribution < 1.29 is 9.47 Å². The maximum absolute atomic E-state index is 5.70. The monoisotopic (exact) mass is 209 g/mol. The van der Waals surface area contributed by atoms with E-state index >= 15 is 0 Å². The summed E-state index contributed by atoms with van der Waals surface area (Å²) in [5.74, 6) is 0.939. The smallest absolute Gasteiger partial charge is 0.122 e. The van der Waals surface area contributed by atoms with Crippen LogP contribution in [0.3, 0.4) is 0 Å². The van der Waals surface area contributed by atoms with Crippen LogP contribution in [0.15, 0.2) is 24.3 Å². The van der Waals surface area contributed by atoms with Crippen LogP contribution in [0.2, 0.25) is 0 Å². The van der Waals surface area contributed by atoms with Crippen LogP contribution in [0.4, 0.5) is 0 Å². The zero-order chi connectivity index (χ0) is 11.1. The zero-order valence-electron chi connectivity index (χ0n) is 9.62. The van der Waals surface area contributed by atoms with E-state index in [0.29, 0.717) is 13.2 Å². The average molecular weight is 209 g/mol. The lowest BCUT2D eigenvalue weighted by Gasteiger charge is -2.16. The maximum Gasteiger partial charge on any atom is 0.122 e. The minimum atomic E-state index is 0.231. The molecule has 0 aromatic heterocycles. The van der Waals surface area contributed by atoms with Gasteiger partial charge in [-0.3, -0.25) is 0 Å². The molecule has 1 unspecified atom stereocenters. The summed E-state index contributed by atoms with van der Waals surface area (Å²) < 4.78 is 10.8. The Morgan fingerprint density at radius 2 is 2.00 bits per heavy atom. The first kappa shape index (κ1) is 12.0. The number of methoxy groups -OCH3 is 1. The summed E-state index contributed by atoms with van der Waals surface area (Å²) in [4.78, 5) is 0. The predicted molar refractivity (Wildman–Crippen MR) is 61.4 cm³/mol. The Labute approximate surface area is 91.4 Å². The second-order valence-electron chi connectivity index (χ2n) is 3.52. The molecule has 0 radical (unpaired) electrons. The molecule has 1 aromatic carbocycles. The number of hydrogen-bond donors (Lipinski definition) is 1. The fourth-order valence-electron chi connectivity index (χ4n) is 1.32. The summed E-state index contributed by atoms with van der Waals surface area (Å²) in [6.45, 7) is 3.32. The van der Waals surface area contributed by atoms with Crippen LogP contribution < -0.4 is 10.1 Å². The normalized spacial score (nSPS) is 12.5. The van der Waals surface area contributed by atoms with Gasteiger partial charge in [0, 0.05) is 7.11 Å². The SMILES string of the molecule is CNC(COC)COc1ccccc1C. The summed E-state index contributed by atoms with van der Waals surface area (Å²) >= 11 is 0. The van der Waals surface area contributed by atoms with Crippen LogP contribution in [0.25, 0.3) is 0 Å². The Morgan fingerprint density at radius 1 is 1.27 bits per heavy atom. The van der Waals surface area contributed by atoms with Crippen molar-refractivity contribution >= 4 is 0 Å². The third-order valence-electron chi connectivity index (χ3n) is 2.31. The second-order valence-corrected chi connectivity index (χ2v) is 3.52. The van der Waals surface area contributed by atoms with Gasteiger partial charge < -0.3 is 14.8 Å². The number of rotatable bonds is 6. The van der Waals surface area contributed by atoms with Gasteiger partial charge in [0.1, 0.15) is 12.4 Å². The number of hydrogen-bond acceptors (Lipinski definition) is 3. The van der Waals surface area contributed by atoms with E-state index in [2.05, 4.69) is 5.32 Å². The van der Waals surface area contributed by atoms with Crippen molar-refractivity contribution in [1.29, 1.82) is 0 Å². The number of aryl methyl sites for hydroxylation is 1. The summed E-state index contributed by atoms with van der Waals surface area (Å²) in [7, 11) is 3.60. The molecule has 3 heteroatoms. The maximum atomic E-state index is 5.70. The van der Waals surface area contributed by atoms with Gasteiger partial charge in [-0.1, -0.05) is 18.2 Å². The number of likely N-dealkylation sites (N-methyl/N-ethyl adjacent to an activating group) is 1. The molecular formula is C12H19NO2. The number of benzene rings is 1. The van der Waals surface area contributed by atoms with Crippen molar-refractivity contribution in [3.05, 3.63) is 29.8 Å². The van der Waals surface area contributed by atoms with Gasteiger partial charge >= 0.3 is 0 Å². The highest BCUT2D eigenvalue weighted by atomic mass is 16.5. The molecule has 0 heterocycles. The van der Waals surface area contributed by atoms with E-state index in [9.17, 15) is 0 Å². The highest BCUT2D eigenvalue weighted by Crippen LogP contribution is 2.16. The molecule has 0 aliphatic heterocycles. The highest BCUT2D eigenvalue weighted by Gasteiger charge is 2.06. The summed E-state index contributed by atoms with van der Waals surface area (Å²) in [6.07, 6.45) is 0. The topological polar surface area (TPSA) is 30.5 Å². The molecule has 1 N–H and O–H groups in total. The van der Waals surface area contributed by atoms with E-state index in [1.165, 1.54) is 0 Å². The Kier molecular flexibility index (Phi) is 5.15. The lowest BCUT2D eigenvalue weighted by Crippen LogP contribution is -2.35. The molecule has 84 valence electrons. The molecule has 1 atom stereocenters. The molecule has 0 saturated heterocycles. The molecule has 0 spiro atoms. The van der Waals surface area contributed by atoms with Crippen molar-refractivity contribution in [2.45, 2.75) is 13.0 Å². The van der Waals surface area contributed by atoms with Gasteiger partial charge in [-0.05, 0) is 25.6 Å². The molecule has 15 heavy (non-hydrogen) atoms. The lowest BCUT2D eigenvalue weighted by atomic mass is 10.2. The molecule has 1 rings (SSSR count). The lowest BCUT2D eigenvalue weighted by molar-refractivity contribution is 0.139. The van der Waals surface area contributed by atoms with Crippen molar-refractivity contribution in [3.8, 4) is 5.75 Å². The Hall–Kier alpha value is -1.06. The number of nitrogens with one attached hydrogen (secondary N) is 1. The highest BCUT2D eigenvalue weighted by molar-refractivity contribution is 5.31. The summed E-state index contributed by atoms with van der Waals surface area (Å²) in [5, 5.41) is 3.14. The van der Waals surface area contributed by atoms with Crippen LogP contribution >= 0.6 is 0 Å². The molecular weight excluding hydrogens is 190 g/mol. The number of ether oxygens (including phenoxy) is 2. The van der Waals surface area contributed by atoms with Crippen LogP contribution in [0.5, 0.6) is 5.75 Å². The van der Waals surface area contributed by atoms with Crippen molar-refractivity contribution in [2.24, 2.45) is 0 Å². The van der Waals surface area contributed by atoms with E-state index in [0.717, 1.165) is 11.3 Å². The largest absolute Gasteiger partial charge is 0.492 e. The van der Waals surface area contributed by atoms with E-state index in [1.807, 2.05) is 38.2 Å². The number of para-hydroxylation sites is 1. The molecule has 0 aliphatic carbocycles. The van der Waals surface area contributed by atoms with Gasteiger partial charge in [0.25, 0.3) is 0 Å². The fourth-order valence-corrected chi connectivity index (χ4v) is 1.32. The van der Waals surface area contributed by atoms with E-state index in [-0.39, 0.29) is 6.04 Å². The van der Waals surface area contributed by atoms with Crippen molar-refractivity contribution in [3.63, 3.8) is 0 Å². The first-order chi connectivity index (χ1) is 7.27. The Balaban J connectivity index is 2.45. The summed E-state index contributed by atoms with van der Waals surface area (Å²) in [5.41, 5.74) is 1.16. The minimum absolute atomic E-state index is 0.231. The molecule has 0 aliphatic rings. The van der Waals surface area contributed by atoms with E-state index in [4.69, 9.17) is 9.47 Å². The molecule has 0 fully saturated rings. The van der Waals surface area contributed by atoms with Crippen molar-refractivity contribution in [2.75, 3.05) is 27.4 Å². The fraction of sp³-hybridized carbons (Fsp3) is 0.500. The Bertz CT molecular complexity index is 289. The second kappa shape index (κ2) is 6.43. The predicted octanol–water partition coefficient (Wildman–Crippen LogP) is 1.61. The van der Waals surface area contributed by atoms with Gasteiger partial charge in [0.05, 0.1) is 12.6 Å². The first-order valence-electron chi connectivity index (χ1n) is 5.12. The van der Waals surface area contributed by atoms with E-state index in [1.54, 1.807) is 7.11 Å². The van der Waals surface area contributed by atoms with Gasteiger partial charge in [0.2, 0.25) is 0 Å². The van der Waals surface area contributed by atoms with Crippen LogP contribution in [-0.4, -0.2) is 33.4 Å². The summed E-state index contributed by atoms with van der Waals surface area (Å²) in [6, 6.07) is 8.24. The van der Waals surface area contributed by atoms with Crippen LogP contribution in [-0.2, 0) is 4.74 Å². The first-order valence-corrected chi connectivity index (χ1v) is 5.12. The molecule has 0 bridgehead atoms. The molecule has 1 aromatic rings.